The van der Waals surface area contributed by atoms with Gasteiger partial charge in [-0.3, -0.25) is 0 Å². The molecule has 0 spiro atoms. The highest BCUT2D eigenvalue weighted by Gasteiger charge is 2.36. The molecule has 2 unspecified atom stereocenters. The van der Waals surface area contributed by atoms with Gasteiger partial charge in [0.05, 0.1) is 29.4 Å². The summed E-state index contributed by atoms with van der Waals surface area (Å²) in [5.74, 6) is 0. The zero-order valence-electron chi connectivity index (χ0n) is 12.6. The number of fused-ring (bicyclic) bond motifs is 1. The van der Waals surface area contributed by atoms with Crippen LogP contribution < -0.4 is 0 Å². The number of aliphatic hydroxyl groups is 1. The molecule has 0 aromatic carbocycles. The summed E-state index contributed by atoms with van der Waals surface area (Å²) < 4.78 is 32.2. The van der Waals surface area contributed by atoms with Crippen molar-refractivity contribution in [1.29, 1.82) is 0 Å². The van der Waals surface area contributed by atoms with E-state index in [0.29, 0.717) is 29.8 Å². The number of aromatic nitrogens is 2. The Kier molecular flexibility index (Phi) is 3.92. The van der Waals surface area contributed by atoms with Gasteiger partial charge in [0, 0.05) is 6.54 Å². The highest BCUT2D eigenvalue weighted by molar-refractivity contribution is 7.89. The largest absolute Gasteiger partial charge is 0.392 e. The molecule has 7 nitrogen and oxygen atoms in total. The fourth-order valence-corrected chi connectivity index (χ4v) is 4.64. The van der Waals surface area contributed by atoms with Crippen molar-refractivity contribution in [3.63, 3.8) is 0 Å². The number of hydrogen-bond acceptors (Lipinski definition) is 6. The van der Waals surface area contributed by atoms with Crippen LogP contribution in [0.3, 0.4) is 0 Å². The monoisotopic (exact) mass is 325 g/mol. The third-order valence-electron chi connectivity index (χ3n) is 4.15. The molecular weight excluding hydrogens is 306 g/mol. The van der Waals surface area contributed by atoms with Gasteiger partial charge in [-0.1, -0.05) is 11.6 Å². The molecule has 2 aromatic heterocycles. The van der Waals surface area contributed by atoms with Crippen LogP contribution in [0.25, 0.3) is 11.1 Å². The van der Waals surface area contributed by atoms with E-state index in [1.807, 2.05) is 0 Å². The van der Waals surface area contributed by atoms with Crippen LogP contribution in [0.4, 0.5) is 0 Å². The van der Waals surface area contributed by atoms with Crippen LogP contribution in [-0.2, 0) is 10.0 Å². The standard InChI is InChI=1S/C14H19N3O4S/c1-9-12-7-11(8-15-14(12)21-16-9)22(19,20)17-6-4-3-5-13(17)10(2)18/h7-8,10,13,18H,3-6H2,1-2H3. The normalized spacial score (nSPS) is 22.0. The van der Waals surface area contributed by atoms with Crippen molar-refractivity contribution in [3.05, 3.63) is 18.0 Å². The van der Waals surface area contributed by atoms with Gasteiger partial charge in [-0.05, 0) is 32.8 Å². The van der Waals surface area contributed by atoms with Crippen molar-refractivity contribution in [3.8, 4) is 0 Å². The second-order valence-corrected chi connectivity index (χ2v) is 7.60. The minimum Gasteiger partial charge on any atom is -0.392 e. The Morgan fingerprint density at radius 3 is 2.95 bits per heavy atom. The second-order valence-electron chi connectivity index (χ2n) is 5.71. The van der Waals surface area contributed by atoms with E-state index in [9.17, 15) is 13.5 Å². The number of aryl methyl sites for hydroxylation is 1. The zero-order chi connectivity index (χ0) is 15.9. The summed E-state index contributed by atoms with van der Waals surface area (Å²) in [6.07, 6.45) is 2.97. The van der Waals surface area contributed by atoms with Gasteiger partial charge in [-0.2, -0.15) is 4.31 Å². The minimum absolute atomic E-state index is 0.110. The van der Waals surface area contributed by atoms with E-state index in [4.69, 9.17) is 4.52 Å². The molecule has 0 saturated carbocycles. The molecule has 1 fully saturated rings. The van der Waals surface area contributed by atoms with Crippen molar-refractivity contribution in [2.75, 3.05) is 6.54 Å². The number of piperidine rings is 1. The highest BCUT2D eigenvalue weighted by Crippen LogP contribution is 2.28. The molecule has 1 saturated heterocycles. The lowest BCUT2D eigenvalue weighted by molar-refractivity contribution is 0.0831. The molecule has 2 aromatic rings. The van der Waals surface area contributed by atoms with Gasteiger partial charge in [-0.15, -0.1) is 0 Å². The van der Waals surface area contributed by atoms with Gasteiger partial charge >= 0.3 is 0 Å². The van der Waals surface area contributed by atoms with Gasteiger partial charge in [0.25, 0.3) is 5.71 Å². The summed E-state index contributed by atoms with van der Waals surface area (Å²) in [4.78, 5) is 4.15. The molecule has 120 valence electrons. The molecule has 1 aliphatic rings. The number of hydrogen-bond donors (Lipinski definition) is 1. The topological polar surface area (TPSA) is 96.5 Å². The average Bonchev–Trinajstić information content (AvgIpc) is 2.88. The van der Waals surface area contributed by atoms with Gasteiger partial charge in [0.2, 0.25) is 10.0 Å². The molecule has 0 aliphatic carbocycles. The van der Waals surface area contributed by atoms with Crippen molar-refractivity contribution < 1.29 is 18.0 Å². The fraction of sp³-hybridized carbons (Fsp3) is 0.571. The van der Waals surface area contributed by atoms with Gasteiger partial charge in [0.1, 0.15) is 4.90 Å². The van der Waals surface area contributed by atoms with Crippen LogP contribution >= 0.6 is 0 Å². The molecule has 0 bridgehead atoms. The van der Waals surface area contributed by atoms with E-state index < -0.39 is 22.2 Å². The Balaban J connectivity index is 2.04. The summed E-state index contributed by atoms with van der Waals surface area (Å²) in [5, 5.41) is 14.3. The Bertz CT molecular complexity index is 784. The van der Waals surface area contributed by atoms with Crippen LogP contribution in [0.2, 0.25) is 0 Å². The van der Waals surface area contributed by atoms with Gasteiger partial charge < -0.3 is 9.63 Å². The van der Waals surface area contributed by atoms with Crippen molar-refractivity contribution in [1.82, 2.24) is 14.4 Å². The zero-order valence-corrected chi connectivity index (χ0v) is 13.4. The van der Waals surface area contributed by atoms with Crippen LogP contribution in [0.5, 0.6) is 0 Å². The Morgan fingerprint density at radius 2 is 2.23 bits per heavy atom. The quantitative estimate of drug-likeness (QED) is 0.917. The molecule has 3 rings (SSSR count). The number of pyridine rings is 1. The fourth-order valence-electron chi connectivity index (χ4n) is 2.91. The number of rotatable bonds is 3. The van der Waals surface area contributed by atoms with E-state index in [0.717, 1.165) is 12.8 Å². The summed E-state index contributed by atoms with van der Waals surface area (Å²) >= 11 is 0. The Labute approximate surface area is 129 Å². The first-order valence-electron chi connectivity index (χ1n) is 7.33. The maximum atomic E-state index is 12.9. The van der Waals surface area contributed by atoms with E-state index in [1.54, 1.807) is 13.8 Å². The predicted octanol–water partition coefficient (Wildman–Crippen LogP) is 1.46. The molecule has 2 atom stereocenters. The SMILES string of the molecule is Cc1noc2ncc(S(=O)(=O)N3CCCCC3C(C)O)cc12. The van der Waals surface area contributed by atoms with Crippen LogP contribution in [0.1, 0.15) is 31.9 Å². The van der Waals surface area contributed by atoms with Crippen LogP contribution in [0.15, 0.2) is 21.7 Å². The molecule has 1 N–H and O–H groups in total. The maximum absolute atomic E-state index is 12.9. The minimum atomic E-state index is -3.70. The summed E-state index contributed by atoms with van der Waals surface area (Å²) in [7, 11) is -3.70. The molecule has 1 aliphatic heterocycles. The van der Waals surface area contributed by atoms with Crippen LogP contribution in [-0.4, -0.2) is 46.7 Å². The molecule has 3 heterocycles. The van der Waals surface area contributed by atoms with E-state index in [1.165, 1.54) is 16.6 Å². The number of aliphatic hydroxyl groups excluding tert-OH is 1. The van der Waals surface area contributed by atoms with Crippen LogP contribution in [0, 0.1) is 6.92 Å². The first-order chi connectivity index (χ1) is 10.4. The summed E-state index contributed by atoms with van der Waals surface area (Å²) in [6.45, 7) is 3.78. The van der Waals surface area contributed by atoms with Gasteiger partial charge in [-0.25, -0.2) is 13.4 Å². The lowest BCUT2D eigenvalue weighted by Crippen LogP contribution is -2.48. The molecule has 22 heavy (non-hydrogen) atoms. The molecular formula is C14H19N3O4S. The van der Waals surface area contributed by atoms with E-state index >= 15 is 0 Å². The first-order valence-corrected chi connectivity index (χ1v) is 8.77. The predicted molar refractivity (Wildman–Crippen MR) is 79.8 cm³/mol. The van der Waals surface area contributed by atoms with Crippen molar-refractivity contribution in [2.24, 2.45) is 0 Å². The van der Waals surface area contributed by atoms with Gasteiger partial charge in [0.15, 0.2) is 0 Å². The molecule has 8 heteroatoms. The van der Waals surface area contributed by atoms with E-state index in [2.05, 4.69) is 10.1 Å². The third kappa shape index (κ3) is 2.51. The lowest BCUT2D eigenvalue weighted by atomic mass is 10.0. The number of nitrogens with zero attached hydrogens (tertiary/aromatic N) is 3. The number of sulfonamides is 1. The van der Waals surface area contributed by atoms with Crippen molar-refractivity contribution in [2.45, 2.75) is 50.2 Å². The molecule has 0 radical (unpaired) electrons. The average molecular weight is 325 g/mol. The highest BCUT2D eigenvalue weighted by atomic mass is 32.2. The first kappa shape index (κ1) is 15.4. The smallest absolute Gasteiger partial charge is 0.257 e. The summed E-state index contributed by atoms with van der Waals surface area (Å²) in [6, 6.07) is 1.15. The third-order valence-corrected chi connectivity index (χ3v) is 6.04. The summed E-state index contributed by atoms with van der Waals surface area (Å²) in [5.41, 5.74) is 0.924. The Morgan fingerprint density at radius 1 is 1.45 bits per heavy atom. The van der Waals surface area contributed by atoms with E-state index in [-0.39, 0.29) is 4.90 Å². The maximum Gasteiger partial charge on any atom is 0.257 e. The molecule has 0 amide bonds. The Hall–Kier alpha value is -1.51. The second kappa shape index (κ2) is 5.60. The van der Waals surface area contributed by atoms with Crippen molar-refractivity contribution >= 4 is 21.1 Å². The lowest BCUT2D eigenvalue weighted by Gasteiger charge is -2.36.